The van der Waals surface area contributed by atoms with Gasteiger partial charge in [-0.25, -0.2) is 9.79 Å². The van der Waals surface area contributed by atoms with Crippen LogP contribution in [0.3, 0.4) is 0 Å². The van der Waals surface area contributed by atoms with E-state index in [0.29, 0.717) is 52.7 Å². The Morgan fingerprint density at radius 3 is 2.56 bits per heavy atom. The second kappa shape index (κ2) is 12.6. The number of ether oxygens (including phenoxy) is 1. The SMILES string of the molecule is O=C(N=CCC(OCc1c(-c2c(Cl)cccc2Cl)noc1C1CC1)C1CC1)NCc1cncc(-c2ccccc2)c1. The van der Waals surface area contributed by atoms with E-state index in [2.05, 4.69) is 20.4 Å². The summed E-state index contributed by atoms with van der Waals surface area (Å²) in [4.78, 5) is 20.9. The number of hydrogen-bond donors (Lipinski definition) is 1. The van der Waals surface area contributed by atoms with Crippen molar-refractivity contribution >= 4 is 35.4 Å². The second-order valence-corrected chi connectivity index (χ2v) is 11.4. The summed E-state index contributed by atoms with van der Waals surface area (Å²) in [7, 11) is 0. The Bertz CT molecular complexity index is 1530. The zero-order valence-electron chi connectivity index (χ0n) is 22.4. The van der Waals surface area contributed by atoms with Gasteiger partial charge in [-0.05, 0) is 60.9 Å². The minimum Gasteiger partial charge on any atom is -0.373 e. The first kappa shape index (κ1) is 27.6. The van der Waals surface area contributed by atoms with E-state index in [1.165, 1.54) is 0 Å². The molecule has 6 rings (SSSR count). The molecule has 2 aliphatic carbocycles. The van der Waals surface area contributed by atoms with Gasteiger partial charge in [0.15, 0.2) is 0 Å². The predicted octanol–water partition coefficient (Wildman–Crippen LogP) is 8.25. The van der Waals surface area contributed by atoms with E-state index >= 15 is 0 Å². The van der Waals surface area contributed by atoms with Gasteiger partial charge in [0.05, 0.1) is 22.8 Å². The molecule has 2 amide bonds. The summed E-state index contributed by atoms with van der Waals surface area (Å²) in [5.74, 6) is 1.64. The Morgan fingerprint density at radius 2 is 1.83 bits per heavy atom. The Balaban J connectivity index is 1.07. The molecule has 0 saturated heterocycles. The lowest BCUT2D eigenvalue weighted by atomic mass is 10.0. The van der Waals surface area contributed by atoms with Crippen LogP contribution in [0.25, 0.3) is 22.4 Å². The van der Waals surface area contributed by atoms with Crippen molar-refractivity contribution in [2.75, 3.05) is 0 Å². The van der Waals surface area contributed by atoms with Crippen molar-refractivity contribution < 1.29 is 14.1 Å². The van der Waals surface area contributed by atoms with Gasteiger partial charge in [0.25, 0.3) is 0 Å². The van der Waals surface area contributed by atoms with Gasteiger partial charge in [-0.15, -0.1) is 0 Å². The van der Waals surface area contributed by atoms with Gasteiger partial charge in [-0.3, -0.25) is 4.98 Å². The Labute approximate surface area is 248 Å². The maximum Gasteiger partial charge on any atom is 0.340 e. The predicted molar refractivity (Wildman–Crippen MR) is 160 cm³/mol. The first-order chi connectivity index (χ1) is 20.1. The lowest BCUT2D eigenvalue weighted by molar-refractivity contribution is 0.0310. The normalized spacial score (nSPS) is 15.8. The van der Waals surface area contributed by atoms with Crippen molar-refractivity contribution in [3.05, 3.63) is 93.9 Å². The molecule has 0 radical (unpaired) electrons. The summed E-state index contributed by atoms with van der Waals surface area (Å²) >= 11 is 13.0. The van der Waals surface area contributed by atoms with Gasteiger partial charge in [0.1, 0.15) is 11.5 Å². The van der Waals surface area contributed by atoms with Gasteiger partial charge in [0, 0.05) is 54.2 Å². The van der Waals surface area contributed by atoms with Crippen LogP contribution in [0.2, 0.25) is 10.0 Å². The number of aliphatic imine (C=N–C) groups is 1. The van der Waals surface area contributed by atoms with Crippen LogP contribution in [-0.2, 0) is 17.9 Å². The average molecular weight is 590 g/mol. The van der Waals surface area contributed by atoms with Crippen LogP contribution >= 0.6 is 23.2 Å². The smallest absolute Gasteiger partial charge is 0.340 e. The molecule has 4 aromatic rings. The van der Waals surface area contributed by atoms with Gasteiger partial charge in [0.2, 0.25) is 0 Å². The van der Waals surface area contributed by atoms with Crippen LogP contribution in [0.15, 0.2) is 76.5 Å². The lowest BCUT2D eigenvalue weighted by Gasteiger charge is -2.16. The summed E-state index contributed by atoms with van der Waals surface area (Å²) in [6.07, 6.45) is 10.0. The first-order valence-corrected chi connectivity index (χ1v) is 14.7. The topological polar surface area (TPSA) is 89.6 Å². The van der Waals surface area contributed by atoms with Crippen LogP contribution in [0, 0.1) is 5.92 Å². The third-order valence-corrected chi connectivity index (χ3v) is 8.08. The van der Waals surface area contributed by atoms with E-state index in [-0.39, 0.29) is 6.10 Å². The fourth-order valence-electron chi connectivity index (χ4n) is 4.94. The highest BCUT2D eigenvalue weighted by Gasteiger charge is 2.36. The van der Waals surface area contributed by atoms with E-state index in [1.54, 1.807) is 24.5 Å². The maximum absolute atomic E-state index is 12.5. The monoisotopic (exact) mass is 588 g/mol. The molecule has 2 heterocycles. The molecule has 0 spiro atoms. The lowest BCUT2D eigenvalue weighted by Crippen LogP contribution is -2.20. The van der Waals surface area contributed by atoms with Crippen molar-refractivity contribution in [3.63, 3.8) is 0 Å². The third-order valence-electron chi connectivity index (χ3n) is 7.45. The highest BCUT2D eigenvalue weighted by atomic mass is 35.5. The van der Waals surface area contributed by atoms with Gasteiger partial charge in [-0.2, -0.15) is 0 Å². The number of benzene rings is 2. The maximum atomic E-state index is 12.5. The van der Waals surface area contributed by atoms with Crippen molar-refractivity contribution in [1.82, 2.24) is 15.5 Å². The number of amides is 2. The number of nitrogens with one attached hydrogen (secondary N) is 1. The standard InChI is InChI=1S/C32H30Cl2N4O3/c33-26-7-4-8-27(34)29(26)30-25(31(41-38-30)23-11-12-23)19-40-28(22-9-10-22)13-14-36-32(39)37-17-20-15-24(18-35-16-20)21-5-2-1-3-6-21/h1-8,14-16,18,22-23,28H,9-13,17,19H2,(H,37,39). The van der Waals surface area contributed by atoms with E-state index in [0.717, 1.165) is 53.7 Å². The van der Waals surface area contributed by atoms with E-state index in [1.807, 2.05) is 48.7 Å². The Kier molecular flexibility index (Phi) is 8.46. The summed E-state index contributed by atoms with van der Waals surface area (Å²) in [6.45, 7) is 0.676. The van der Waals surface area contributed by atoms with Crippen molar-refractivity contribution in [1.29, 1.82) is 0 Å². The molecule has 2 aliphatic rings. The molecule has 2 saturated carbocycles. The number of rotatable bonds is 11. The molecule has 0 aliphatic heterocycles. The zero-order valence-corrected chi connectivity index (χ0v) is 23.9. The molecule has 41 heavy (non-hydrogen) atoms. The first-order valence-electron chi connectivity index (χ1n) is 13.9. The highest BCUT2D eigenvalue weighted by molar-refractivity contribution is 6.39. The number of pyridine rings is 1. The van der Waals surface area contributed by atoms with Crippen LogP contribution in [0.5, 0.6) is 0 Å². The number of aromatic nitrogens is 2. The molecule has 2 aromatic carbocycles. The van der Waals surface area contributed by atoms with Gasteiger partial charge < -0.3 is 14.6 Å². The molecule has 7 nitrogen and oxygen atoms in total. The Hall–Kier alpha value is -3.52. The largest absolute Gasteiger partial charge is 0.373 e. The molecular formula is C32H30Cl2N4O3. The fraction of sp³-hybridized carbons (Fsp3) is 0.312. The van der Waals surface area contributed by atoms with Crippen molar-refractivity contribution in [2.24, 2.45) is 10.9 Å². The van der Waals surface area contributed by atoms with Crippen molar-refractivity contribution in [2.45, 2.75) is 57.3 Å². The molecule has 1 unspecified atom stereocenters. The third kappa shape index (κ3) is 6.87. The average Bonchev–Trinajstić information content (AvgIpc) is 3.93. The molecule has 0 bridgehead atoms. The molecule has 2 aromatic heterocycles. The quantitative estimate of drug-likeness (QED) is 0.178. The molecule has 210 valence electrons. The summed E-state index contributed by atoms with van der Waals surface area (Å²) < 4.78 is 12.2. The zero-order chi connectivity index (χ0) is 28.2. The highest BCUT2D eigenvalue weighted by Crippen LogP contribution is 2.46. The van der Waals surface area contributed by atoms with E-state index < -0.39 is 6.03 Å². The number of hydrogen-bond acceptors (Lipinski definition) is 5. The molecule has 1 atom stereocenters. The molecule has 2 fully saturated rings. The fourth-order valence-corrected chi connectivity index (χ4v) is 5.52. The second-order valence-electron chi connectivity index (χ2n) is 10.6. The summed E-state index contributed by atoms with van der Waals surface area (Å²) in [5.41, 5.74) is 5.18. The van der Waals surface area contributed by atoms with Crippen LogP contribution in [0.4, 0.5) is 4.79 Å². The van der Waals surface area contributed by atoms with Gasteiger partial charge in [-0.1, -0.05) is 64.8 Å². The van der Waals surface area contributed by atoms with E-state index in [9.17, 15) is 4.79 Å². The summed E-state index contributed by atoms with van der Waals surface area (Å²) in [6, 6.07) is 17.0. The number of halogens is 2. The van der Waals surface area contributed by atoms with Gasteiger partial charge >= 0.3 is 6.03 Å². The molecular weight excluding hydrogens is 559 g/mol. The van der Waals surface area contributed by atoms with Crippen LogP contribution in [0.1, 0.15) is 54.9 Å². The number of carbonyl (C=O) groups excluding carboxylic acids is 1. The molecule has 9 heteroatoms. The number of urea groups is 1. The van der Waals surface area contributed by atoms with E-state index in [4.69, 9.17) is 32.5 Å². The van der Waals surface area contributed by atoms with Crippen molar-refractivity contribution in [3.8, 4) is 22.4 Å². The number of carbonyl (C=O) groups is 1. The van der Waals surface area contributed by atoms with Crippen LogP contribution in [-0.4, -0.2) is 28.5 Å². The molecule has 1 N–H and O–H groups in total. The Morgan fingerprint density at radius 1 is 1.05 bits per heavy atom. The minimum absolute atomic E-state index is 0.0603. The summed E-state index contributed by atoms with van der Waals surface area (Å²) in [5, 5.41) is 8.25. The van der Waals surface area contributed by atoms with Crippen LogP contribution < -0.4 is 5.32 Å². The number of nitrogens with zero attached hydrogens (tertiary/aromatic N) is 3. The minimum atomic E-state index is -0.393.